The highest BCUT2D eigenvalue weighted by molar-refractivity contribution is 9.10. The first-order valence-electron chi connectivity index (χ1n) is 12.5. The number of hydrogen-bond acceptors (Lipinski definition) is 3. The van der Waals surface area contributed by atoms with Crippen LogP contribution in [0.2, 0.25) is 0 Å². The van der Waals surface area contributed by atoms with Crippen LogP contribution >= 0.6 is 15.9 Å². The average molecular weight is 583 g/mol. The summed E-state index contributed by atoms with van der Waals surface area (Å²) >= 11 is 3.51. The van der Waals surface area contributed by atoms with Crippen LogP contribution in [0.3, 0.4) is 0 Å². The molecule has 1 amide bonds. The second-order valence-electron chi connectivity index (χ2n) is 9.54. The van der Waals surface area contributed by atoms with Crippen molar-refractivity contribution >= 4 is 32.7 Å². The Labute approximate surface area is 227 Å². The smallest absolute Gasteiger partial charge is 0.405 e. The Hall–Kier alpha value is -3.39. The van der Waals surface area contributed by atoms with E-state index in [1.807, 2.05) is 55.5 Å². The zero-order chi connectivity index (χ0) is 26.9. The van der Waals surface area contributed by atoms with Crippen molar-refractivity contribution in [2.75, 3.05) is 0 Å². The number of pyridine rings is 1. The van der Waals surface area contributed by atoms with Crippen molar-refractivity contribution in [2.24, 2.45) is 0 Å². The van der Waals surface area contributed by atoms with Gasteiger partial charge in [-0.1, -0.05) is 77.3 Å². The SMILES string of the molecule is Cc1c(-c2ccccc2)nc2ccc(Br)cc2c1C(=O)NC1CCCCC1c1ccccc1OC(F)(F)F. The van der Waals surface area contributed by atoms with E-state index in [0.29, 0.717) is 34.9 Å². The Morgan fingerprint density at radius 3 is 2.47 bits per heavy atom. The summed E-state index contributed by atoms with van der Waals surface area (Å²) in [4.78, 5) is 18.8. The van der Waals surface area contributed by atoms with Gasteiger partial charge in [0.25, 0.3) is 5.91 Å². The number of para-hydroxylation sites is 1. The van der Waals surface area contributed by atoms with Crippen molar-refractivity contribution < 1.29 is 22.7 Å². The fourth-order valence-electron chi connectivity index (χ4n) is 5.42. The highest BCUT2D eigenvalue weighted by Crippen LogP contribution is 2.40. The van der Waals surface area contributed by atoms with Crippen LogP contribution in [-0.4, -0.2) is 23.3 Å². The first kappa shape index (κ1) is 26.2. The summed E-state index contributed by atoms with van der Waals surface area (Å²) in [5.74, 6) is -0.789. The lowest BCUT2D eigenvalue weighted by Crippen LogP contribution is -2.41. The number of ether oxygens (including phenoxy) is 1. The number of rotatable bonds is 5. The van der Waals surface area contributed by atoms with Crippen LogP contribution in [0, 0.1) is 6.92 Å². The number of halogens is 4. The van der Waals surface area contributed by atoms with Gasteiger partial charge in [0.05, 0.1) is 16.8 Å². The molecule has 1 aliphatic rings. The molecule has 0 radical (unpaired) electrons. The number of carbonyl (C=O) groups is 1. The predicted molar refractivity (Wildman–Crippen MR) is 145 cm³/mol. The summed E-state index contributed by atoms with van der Waals surface area (Å²) in [6, 6.07) is 21.2. The van der Waals surface area contributed by atoms with Gasteiger partial charge < -0.3 is 10.1 Å². The molecule has 2 unspecified atom stereocenters. The Morgan fingerprint density at radius 1 is 1.00 bits per heavy atom. The third-order valence-corrected chi connectivity index (χ3v) is 7.58. The van der Waals surface area contributed by atoms with Crippen LogP contribution in [0.4, 0.5) is 13.2 Å². The summed E-state index contributed by atoms with van der Waals surface area (Å²) in [6.45, 7) is 1.88. The Bertz CT molecular complexity index is 1470. The molecule has 3 aromatic carbocycles. The van der Waals surface area contributed by atoms with E-state index in [4.69, 9.17) is 4.98 Å². The zero-order valence-electron chi connectivity index (χ0n) is 20.7. The molecule has 0 bridgehead atoms. The van der Waals surface area contributed by atoms with Crippen LogP contribution < -0.4 is 10.1 Å². The quantitative estimate of drug-likeness (QED) is 0.257. The van der Waals surface area contributed by atoms with Crippen LogP contribution in [-0.2, 0) is 0 Å². The molecule has 196 valence electrons. The third-order valence-electron chi connectivity index (χ3n) is 7.09. The van der Waals surface area contributed by atoms with Crippen molar-refractivity contribution in [3.8, 4) is 17.0 Å². The van der Waals surface area contributed by atoms with Gasteiger partial charge in [-0.05, 0) is 55.2 Å². The Balaban J connectivity index is 1.54. The standard InChI is InChI=1S/C30H26BrF3N2O2/c1-18-27(23-17-20(31)15-16-25(23)35-28(18)19-9-3-2-4-10-19)29(37)36-24-13-7-5-11-21(24)22-12-6-8-14-26(22)38-30(32,33)34/h2-4,6,8-10,12,14-17,21,24H,5,7,11,13H2,1H3,(H,36,37). The maximum absolute atomic E-state index is 14.0. The highest BCUT2D eigenvalue weighted by Gasteiger charge is 2.36. The first-order chi connectivity index (χ1) is 18.2. The number of carbonyl (C=O) groups excluding carboxylic acids is 1. The average Bonchev–Trinajstić information content (AvgIpc) is 2.88. The number of amides is 1. The van der Waals surface area contributed by atoms with Crippen LogP contribution in [0.15, 0.2) is 77.3 Å². The van der Waals surface area contributed by atoms with Gasteiger partial charge in [0.15, 0.2) is 0 Å². The van der Waals surface area contributed by atoms with Gasteiger partial charge in [-0.25, -0.2) is 4.98 Å². The van der Waals surface area contributed by atoms with E-state index in [-0.39, 0.29) is 23.6 Å². The zero-order valence-corrected chi connectivity index (χ0v) is 22.3. The molecule has 1 saturated carbocycles. The highest BCUT2D eigenvalue weighted by atomic mass is 79.9. The topological polar surface area (TPSA) is 51.2 Å². The molecule has 1 aliphatic carbocycles. The lowest BCUT2D eigenvalue weighted by Gasteiger charge is -2.34. The van der Waals surface area contributed by atoms with Crippen molar-refractivity contribution in [1.82, 2.24) is 10.3 Å². The minimum atomic E-state index is -4.79. The Kier molecular flexibility index (Phi) is 7.43. The minimum absolute atomic E-state index is 0.216. The second kappa shape index (κ2) is 10.8. The lowest BCUT2D eigenvalue weighted by atomic mass is 9.79. The first-order valence-corrected chi connectivity index (χ1v) is 13.3. The second-order valence-corrected chi connectivity index (χ2v) is 10.5. The van der Waals surface area contributed by atoms with Crippen LogP contribution in [0.25, 0.3) is 22.2 Å². The van der Waals surface area contributed by atoms with E-state index in [9.17, 15) is 18.0 Å². The van der Waals surface area contributed by atoms with Crippen molar-refractivity contribution in [3.63, 3.8) is 0 Å². The molecule has 0 spiro atoms. The molecule has 38 heavy (non-hydrogen) atoms. The molecule has 1 N–H and O–H groups in total. The monoisotopic (exact) mass is 582 g/mol. The number of hydrogen-bond donors (Lipinski definition) is 1. The maximum Gasteiger partial charge on any atom is 0.573 e. The number of aromatic nitrogens is 1. The summed E-state index contributed by atoms with van der Waals surface area (Å²) in [5, 5.41) is 3.90. The van der Waals surface area contributed by atoms with Gasteiger partial charge >= 0.3 is 6.36 Å². The van der Waals surface area contributed by atoms with Crippen molar-refractivity contribution in [1.29, 1.82) is 0 Å². The molecule has 0 saturated heterocycles. The molecular formula is C30H26BrF3N2O2. The molecule has 1 heterocycles. The fourth-order valence-corrected chi connectivity index (χ4v) is 5.78. The number of nitrogens with one attached hydrogen (secondary N) is 1. The van der Waals surface area contributed by atoms with E-state index in [1.54, 1.807) is 12.1 Å². The van der Waals surface area contributed by atoms with Gasteiger partial charge in [0.1, 0.15) is 5.75 Å². The predicted octanol–water partition coefficient (Wildman–Crippen LogP) is 8.33. The molecule has 5 rings (SSSR count). The molecule has 1 aromatic heterocycles. The van der Waals surface area contributed by atoms with Crippen molar-refractivity contribution in [2.45, 2.75) is 50.9 Å². The van der Waals surface area contributed by atoms with Gasteiger partial charge in [-0.3, -0.25) is 4.79 Å². The van der Waals surface area contributed by atoms with Gasteiger partial charge in [0, 0.05) is 27.4 Å². The number of alkyl halides is 3. The molecule has 0 aliphatic heterocycles. The van der Waals surface area contributed by atoms with E-state index in [2.05, 4.69) is 26.0 Å². The molecular weight excluding hydrogens is 557 g/mol. The molecule has 8 heteroatoms. The summed E-state index contributed by atoms with van der Waals surface area (Å²) in [6.07, 6.45) is -1.74. The number of nitrogens with zero attached hydrogens (tertiary/aromatic N) is 1. The lowest BCUT2D eigenvalue weighted by molar-refractivity contribution is -0.275. The molecule has 4 aromatic rings. The number of fused-ring (bicyclic) bond motifs is 1. The van der Waals surface area contributed by atoms with Gasteiger partial charge in [0.2, 0.25) is 0 Å². The van der Waals surface area contributed by atoms with E-state index in [0.717, 1.165) is 34.1 Å². The van der Waals surface area contributed by atoms with Crippen LogP contribution in [0.1, 0.15) is 53.1 Å². The van der Waals surface area contributed by atoms with E-state index in [1.165, 1.54) is 12.1 Å². The summed E-state index contributed by atoms with van der Waals surface area (Å²) < 4.78 is 44.5. The van der Waals surface area contributed by atoms with E-state index >= 15 is 0 Å². The number of benzene rings is 3. The van der Waals surface area contributed by atoms with Crippen molar-refractivity contribution in [3.05, 3.63) is 94.0 Å². The molecule has 2 atom stereocenters. The normalized spacial score (nSPS) is 17.8. The summed E-state index contributed by atoms with van der Waals surface area (Å²) in [5.41, 5.74) is 4.02. The fraction of sp³-hybridized carbons (Fsp3) is 0.267. The van der Waals surface area contributed by atoms with Gasteiger partial charge in [-0.2, -0.15) is 0 Å². The summed E-state index contributed by atoms with van der Waals surface area (Å²) in [7, 11) is 0. The maximum atomic E-state index is 14.0. The third kappa shape index (κ3) is 5.55. The molecule has 1 fully saturated rings. The van der Waals surface area contributed by atoms with Crippen LogP contribution in [0.5, 0.6) is 5.75 Å². The Morgan fingerprint density at radius 2 is 1.71 bits per heavy atom. The minimum Gasteiger partial charge on any atom is -0.405 e. The van der Waals surface area contributed by atoms with Gasteiger partial charge in [-0.15, -0.1) is 13.2 Å². The largest absolute Gasteiger partial charge is 0.573 e. The van der Waals surface area contributed by atoms with E-state index < -0.39 is 6.36 Å². The molecule has 4 nitrogen and oxygen atoms in total.